The van der Waals surface area contributed by atoms with Crippen molar-refractivity contribution in [3.05, 3.63) is 75.6 Å². The quantitative estimate of drug-likeness (QED) is 0.502. The molecule has 0 fully saturated rings. The highest BCUT2D eigenvalue weighted by Gasteiger charge is 2.19. The van der Waals surface area contributed by atoms with Crippen LogP contribution in [0.25, 0.3) is 21.5 Å². The third kappa shape index (κ3) is 3.84. The molecule has 0 saturated carbocycles. The molecule has 0 saturated heterocycles. The second-order valence-corrected chi connectivity index (χ2v) is 7.49. The Morgan fingerprint density at radius 2 is 2.07 bits per heavy atom. The van der Waals surface area contributed by atoms with Gasteiger partial charge in [-0.25, -0.2) is 9.37 Å². The van der Waals surface area contributed by atoms with Gasteiger partial charge in [-0.15, -0.1) is 11.3 Å². The number of carbonyl (C=O) groups excluding carboxylic acids is 1. The van der Waals surface area contributed by atoms with E-state index in [9.17, 15) is 14.0 Å². The number of furan rings is 1. The van der Waals surface area contributed by atoms with Crippen LogP contribution in [0.1, 0.15) is 24.2 Å². The third-order valence-electron chi connectivity index (χ3n) is 4.67. The molecule has 0 aliphatic heterocycles. The SMILES string of the molecule is NC(=O)CCCn1c(Cc2ccccc2F)nc2scc(-c3ccco3)c2c1=O. The molecule has 0 atom stereocenters. The normalized spacial score (nSPS) is 11.2. The van der Waals surface area contributed by atoms with E-state index in [4.69, 9.17) is 10.2 Å². The molecule has 0 radical (unpaired) electrons. The Morgan fingerprint density at radius 1 is 1.24 bits per heavy atom. The highest BCUT2D eigenvalue weighted by molar-refractivity contribution is 7.17. The van der Waals surface area contributed by atoms with Crippen molar-refractivity contribution in [2.45, 2.75) is 25.8 Å². The molecule has 1 aromatic carbocycles. The number of fused-ring (bicyclic) bond motifs is 1. The van der Waals surface area contributed by atoms with Crippen molar-refractivity contribution < 1.29 is 13.6 Å². The number of hydrogen-bond donors (Lipinski definition) is 1. The summed E-state index contributed by atoms with van der Waals surface area (Å²) in [5.74, 6) is 0.244. The molecule has 4 aromatic rings. The van der Waals surface area contributed by atoms with Crippen LogP contribution in [-0.4, -0.2) is 15.5 Å². The van der Waals surface area contributed by atoms with Gasteiger partial charge in [0, 0.05) is 30.3 Å². The summed E-state index contributed by atoms with van der Waals surface area (Å²) in [6.45, 7) is 0.266. The second kappa shape index (κ2) is 8.00. The summed E-state index contributed by atoms with van der Waals surface area (Å²) in [7, 11) is 0. The van der Waals surface area contributed by atoms with Gasteiger partial charge in [0.05, 0.1) is 11.6 Å². The van der Waals surface area contributed by atoms with Crippen molar-refractivity contribution in [1.29, 1.82) is 0 Å². The molecule has 3 heterocycles. The van der Waals surface area contributed by atoms with E-state index in [1.54, 1.807) is 36.6 Å². The van der Waals surface area contributed by atoms with Crippen LogP contribution in [0.5, 0.6) is 0 Å². The van der Waals surface area contributed by atoms with Gasteiger partial charge in [0.15, 0.2) is 0 Å². The lowest BCUT2D eigenvalue weighted by Crippen LogP contribution is -2.26. The molecule has 8 heteroatoms. The van der Waals surface area contributed by atoms with E-state index in [-0.39, 0.29) is 30.8 Å². The van der Waals surface area contributed by atoms with Gasteiger partial charge in [-0.3, -0.25) is 14.2 Å². The van der Waals surface area contributed by atoms with Crippen LogP contribution in [0.3, 0.4) is 0 Å². The van der Waals surface area contributed by atoms with Crippen molar-refractivity contribution in [3.63, 3.8) is 0 Å². The maximum atomic E-state index is 14.2. The summed E-state index contributed by atoms with van der Waals surface area (Å²) in [5.41, 5.74) is 6.12. The lowest BCUT2D eigenvalue weighted by molar-refractivity contribution is -0.118. The van der Waals surface area contributed by atoms with Gasteiger partial charge in [0.2, 0.25) is 5.91 Å². The molecular weight excluding hydrogens is 393 g/mol. The summed E-state index contributed by atoms with van der Waals surface area (Å²) >= 11 is 1.34. The Hall–Kier alpha value is -3.26. The number of rotatable bonds is 7. The zero-order chi connectivity index (χ0) is 20.4. The first-order valence-corrected chi connectivity index (χ1v) is 9.99. The second-order valence-electron chi connectivity index (χ2n) is 6.63. The van der Waals surface area contributed by atoms with Crippen LogP contribution in [0.2, 0.25) is 0 Å². The summed E-state index contributed by atoms with van der Waals surface area (Å²) in [5, 5.41) is 2.29. The van der Waals surface area contributed by atoms with Crippen molar-refractivity contribution in [2.75, 3.05) is 0 Å². The summed E-state index contributed by atoms with van der Waals surface area (Å²) < 4.78 is 21.1. The van der Waals surface area contributed by atoms with E-state index in [0.717, 1.165) is 0 Å². The molecule has 0 unspecified atom stereocenters. The molecule has 1 amide bonds. The van der Waals surface area contributed by atoms with Gasteiger partial charge in [0.25, 0.3) is 5.56 Å². The zero-order valence-corrected chi connectivity index (χ0v) is 16.2. The predicted octanol–water partition coefficient (Wildman–Crippen LogP) is 3.71. The van der Waals surface area contributed by atoms with Crippen LogP contribution in [0.15, 0.2) is 57.3 Å². The highest BCUT2D eigenvalue weighted by atomic mass is 32.1. The van der Waals surface area contributed by atoms with E-state index < -0.39 is 5.91 Å². The maximum Gasteiger partial charge on any atom is 0.263 e. The molecular formula is C21H18FN3O3S. The van der Waals surface area contributed by atoms with Crippen LogP contribution in [0.4, 0.5) is 4.39 Å². The fourth-order valence-electron chi connectivity index (χ4n) is 3.27. The van der Waals surface area contributed by atoms with Crippen molar-refractivity contribution in [1.82, 2.24) is 9.55 Å². The van der Waals surface area contributed by atoms with E-state index >= 15 is 0 Å². The average Bonchev–Trinajstić information content (AvgIpc) is 3.35. The van der Waals surface area contributed by atoms with Gasteiger partial charge >= 0.3 is 0 Å². The number of hydrogen-bond acceptors (Lipinski definition) is 5. The first-order valence-electron chi connectivity index (χ1n) is 9.11. The van der Waals surface area contributed by atoms with Crippen LogP contribution in [0, 0.1) is 5.82 Å². The number of aromatic nitrogens is 2. The number of thiophene rings is 1. The number of nitrogens with two attached hydrogens (primary N) is 1. The lowest BCUT2D eigenvalue weighted by Gasteiger charge is -2.13. The Bertz CT molecular complexity index is 1230. The molecule has 3 aromatic heterocycles. The molecule has 29 heavy (non-hydrogen) atoms. The zero-order valence-electron chi connectivity index (χ0n) is 15.4. The molecule has 0 spiro atoms. The van der Waals surface area contributed by atoms with Crippen LogP contribution >= 0.6 is 11.3 Å². The highest BCUT2D eigenvalue weighted by Crippen LogP contribution is 2.31. The molecule has 0 aliphatic carbocycles. The molecule has 0 aliphatic rings. The number of amides is 1. The Labute approximate surface area is 169 Å². The van der Waals surface area contributed by atoms with Gasteiger partial charge < -0.3 is 10.2 Å². The lowest BCUT2D eigenvalue weighted by atomic mass is 10.1. The number of primary amides is 1. The largest absolute Gasteiger partial charge is 0.464 e. The van der Waals surface area contributed by atoms with Gasteiger partial charge in [-0.1, -0.05) is 18.2 Å². The first-order chi connectivity index (χ1) is 14.0. The minimum absolute atomic E-state index is 0.151. The van der Waals surface area contributed by atoms with Crippen molar-refractivity contribution in [3.8, 4) is 11.3 Å². The van der Waals surface area contributed by atoms with E-state index in [2.05, 4.69) is 4.98 Å². The van der Waals surface area contributed by atoms with Gasteiger partial charge in [0.1, 0.15) is 22.2 Å². The number of benzene rings is 1. The third-order valence-corrected chi connectivity index (χ3v) is 5.54. The van der Waals surface area contributed by atoms with Crippen molar-refractivity contribution >= 4 is 27.5 Å². The van der Waals surface area contributed by atoms with E-state index in [1.807, 2.05) is 5.38 Å². The van der Waals surface area contributed by atoms with E-state index in [0.29, 0.717) is 39.3 Å². The molecule has 4 rings (SSSR count). The summed E-state index contributed by atoms with van der Waals surface area (Å²) in [6.07, 6.45) is 2.26. The topological polar surface area (TPSA) is 91.1 Å². The Kier molecular flexibility index (Phi) is 5.26. The smallest absolute Gasteiger partial charge is 0.263 e. The Balaban J connectivity index is 1.84. The molecule has 2 N–H and O–H groups in total. The number of carbonyl (C=O) groups is 1. The van der Waals surface area contributed by atoms with Gasteiger partial charge in [-0.05, 0) is 30.2 Å². The van der Waals surface area contributed by atoms with Gasteiger partial charge in [-0.2, -0.15) is 0 Å². The molecule has 6 nitrogen and oxygen atoms in total. The predicted molar refractivity (Wildman–Crippen MR) is 109 cm³/mol. The van der Waals surface area contributed by atoms with Crippen LogP contribution in [-0.2, 0) is 17.8 Å². The minimum Gasteiger partial charge on any atom is -0.464 e. The first kappa shape index (κ1) is 19.1. The summed E-state index contributed by atoms with van der Waals surface area (Å²) in [6, 6.07) is 9.94. The number of halogens is 1. The monoisotopic (exact) mass is 411 g/mol. The average molecular weight is 411 g/mol. The standard InChI is InChI=1S/C21H18FN3O3S/c22-15-6-2-1-5-13(15)11-18-24-20-19(14(12-29-20)16-7-4-10-28-16)21(27)25(18)9-3-8-17(23)26/h1-2,4-7,10,12H,3,8-9,11H2,(H2,23,26). The van der Waals surface area contributed by atoms with Crippen LogP contribution < -0.4 is 11.3 Å². The molecule has 148 valence electrons. The fourth-order valence-corrected chi connectivity index (χ4v) is 4.21. The van der Waals surface area contributed by atoms with Crippen molar-refractivity contribution in [2.24, 2.45) is 5.73 Å². The number of nitrogens with zero attached hydrogens (tertiary/aromatic N) is 2. The summed E-state index contributed by atoms with van der Waals surface area (Å²) in [4.78, 5) is 29.7. The van der Waals surface area contributed by atoms with E-state index in [1.165, 1.54) is 22.0 Å². The molecule has 0 bridgehead atoms. The fraction of sp³-hybridized carbons (Fsp3) is 0.190. The Morgan fingerprint density at radius 3 is 2.79 bits per heavy atom. The minimum atomic E-state index is -0.436. The maximum absolute atomic E-state index is 14.2.